The molecule has 6 heteroatoms. The molecule has 0 aliphatic carbocycles. The summed E-state index contributed by atoms with van der Waals surface area (Å²) in [5, 5.41) is 0.326. The first-order valence-electron chi connectivity index (χ1n) is 7.53. The Balaban J connectivity index is 1.50. The summed E-state index contributed by atoms with van der Waals surface area (Å²) in [5.74, 6) is 2.18. The Morgan fingerprint density at radius 3 is 2.87 bits per heavy atom. The fourth-order valence-electron chi connectivity index (χ4n) is 2.49. The van der Waals surface area contributed by atoms with Gasteiger partial charge in [0.1, 0.15) is 11.6 Å². The second-order valence-corrected chi connectivity index (χ2v) is 7.65. The van der Waals surface area contributed by atoms with Gasteiger partial charge in [0.25, 0.3) is 0 Å². The summed E-state index contributed by atoms with van der Waals surface area (Å²) in [6, 6.07) is 10.2. The van der Waals surface area contributed by atoms with Gasteiger partial charge < -0.3 is 9.32 Å². The van der Waals surface area contributed by atoms with Crippen molar-refractivity contribution in [2.24, 2.45) is 0 Å². The van der Waals surface area contributed by atoms with Crippen LogP contribution in [-0.2, 0) is 4.79 Å². The second kappa shape index (κ2) is 7.93. The number of carbonyl (C=O) groups excluding carboxylic acids is 1. The van der Waals surface area contributed by atoms with Gasteiger partial charge in [0, 0.05) is 23.7 Å². The van der Waals surface area contributed by atoms with Gasteiger partial charge in [0.15, 0.2) is 0 Å². The molecule has 0 saturated carbocycles. The second-order valence-electron chi connectivity index (χ2n) is 5.29. The smallest absolute Gasteiger partial charge is 0.232 e. The van der Waals surface area contributed by atoms with Crippen molar-refractivity contribution in [1.29, 1.82) is 0 Å². The molecule has 0 bridgehead atoms. The first kappa shape index (κ1) is 16.5. The van der Waals surface area contributed by atoms with Crippen LogP contribution in [0.4, 0.5) is 4.39 Å². The van der Waals surface area contributed by atoms with Crippen molar-refractivity contribution in [2.75, 3.05) is 24.6 Å². The Morgan fingerprint density at radius 1 is 1.30 bits per heavy atom. The van der Waals surface area contributed by atoms with Gasteiger partial charge in [-0.25, -0.2) is 4.39 Å². The van der Waals surface area contributed by atoms with E-state index in [1.807, 2.05) is 28.8 Å². The van der Waals surface area contributed by atoms with Crippen LogP contribution in [0.5, 0.6) is 0 Å². The van der Waals surface area contributed by atoms with Gasteiger partial charge in [-0.1, -0.05) is 0 Å². The van der Waals surface area contributed by atoms with E-state index in [4.69, 9.17) is 4.42 Å². The number of rotatable bonds is 4. The third-order valence-electron chi connectivity index (χ3n) is 3.73. The first-order chi connectivity index (χ1) is 11.2. The molecule has 2 heterocycles. The Labute approximate surface area is 143 Å². The molecule has 1 amide bonds. The van der Waals surface area contributed by atoms with Crippen molar-refractivity contribution in [3.8, 4) is 0 Å². The van der Waals surface area contributed by atoms with Crippen molar-refractivity contribution in [3.63, 3.8) is 0 Å². The van der Waals surface area contributed by atoms with E-state index in [0.717, 1.165) is 35.9 Å². The predicted octanol–water partition coefficient (Wildman–Crippen LogP) is 4.22. The average Bonchev–Trinajstić information content (AvgIpc) is 2.98. The number of hydrogen-bond acceptors (Lipinski definition) is 4. The highest BCUT2D eigenvalue weighted by Crippen LogP contribution is 2.34. The van der Waals surface area contributed by atoms with Gasteiger partial charge in [-0.15, -0.1) is 23.5 Å². The number of amides is 1. The molecule has 1 aliphatic rings. The van der Waals surface area contributed by atoms with E-state index < -0.39 is 0 Å². The van der Waals surface area contributed by atoms with E-state index >= 15 is 0 Å². The number of benzene rings is 1. The Kier molecular flexibility index (Phi) is 5.67. The molecule has 1 fully saturated rings. The molecule has 3 nitrogen and oxygen atoms in total. The van der Waals surface area contributed by atoms with Crippen LogP contribution in [0.1, 0.15) is 17.4 Å². The quantitative estimate of drug-likeness (QED) is 0.773. The summed E-state index contributed by atoms with van der Waals surface area (Å²) in [5.41, 5.74) is 0. The first-order valence-corrected chi connectivity index (χ1v) is 9.57. The Hall–Kier alpha value is -1.40. The zero-order valence-corrected chi connectivity index (χ0v) is 14.2. The molecular formula is C17H18FNO2S2. The summed E-state index contributed by atoms with van der Waals surface area (Å²) in [6.07, 6.45) is 2.61. The summed E-state index contributed by atoms with van der Waals surface area (Å²) < 4.78 is 18.4. The Morgan fingerprint density at radius 2 is 2.13 bits per heavy atom. The van der Waals surface area contributed by atoms with Crippen molar-refractivity contribution in [2.45, 2.75) is 16.6 Å². The summed E-state index contributed by atoms with van der Waals surface area (Å²) in [4.78, 5) is 15.2. The molecule has 0 spiro atoms. The van der Waals surface area contributed by atoms with E-state index in [2.05, 4.69) is 0 Å². The third kappa shape index (κ3) is 4.54. The van der Waals surface area contributed by atoms with Crippen molar-refractivity contribution in [3.05, 3.63) is 54.2 Å². The van der Waals surface area contributed by atoms with Gasteiger partial charge in [-0.2, -0.15) is 0 Å². The van der Waals surface area contributed by atoms with Crippen molar-refractivity contribution < 1.29 is 13.6 Å². The third-order valence-corrected chi connectivity index (χ3v) is 6.02. The van der Waals surface area contributed by atoms with Crippen molar-refractivity contribution in [1.82, 2.24) is 4.90 Å². The van der Waals surface area contributed by atoms with Gasteiger partial charge >= 0.3 is 0 Å². The molecule has 0 radical (unpaired) electrons. The standard InChI is InChI=1S/C17H18FNO2S2/c18-13-3-5-14(6-4-13)23-12-17(20)19-8-7-16(22-11-9-19)15-2-1-10-21-15/h1-6,10,16H,7-9,11-12H2. The SMILES string of the molecule is O=C(CSc1ccc(F)cc1)N1CCSC(c2ccco2)CC1. The maximum Gasteiger partial charge on any atom is 0.232 e. The van der Waals surface area contributed by atoms with E-state index in [1.54, 1.807) is 18.4 Å². The predicted molar refractivity (Wildman–Crippen MR) is 92.2 cm³/mol. The molecule has 1 aliphatic heterocycles. The highest BCUT2D eigenvalue weighted by molar-refractivity contribution is 8.00. The molecule has 122 valence electrons. The number of halogens is 1. The largest absolute Gasteiger partial charge is 0.468 e. The number of hydrogen-bond donors (Lipinski definition) is 0. The van der Waals surface area contributed by atoms with Crippen LogP contribution in [0, 0.1) is 5.82 Å². The topological polar surface area (TPSA) is 33.5 Å². The molecule has 1 atom stereocenters. The molecule has 1 saturated heterocycles. The maximum atomic E-state index is 12.9. The van der Waals surface area contributed by atoms with Crippen LogP contribution < -0.4 is 0 Å². The molecular weight excluding hydrogens is 333 g/mol. The highest BCUT2D eigenvalue weighted by Gasteiger charge is 2.23. The summed E-state index contributed by atoms with van der Waals surface area (Å²) in [7, 11) is 0. The molecule has 23 heavy (non-hydrogen) atoms. The van der Waals surface area contributed by atoms with Crippen LogP contribution in [0.2, 0.25) is 0 Å². The normalized spacial score (nSPS) is 18.7. The lowest BCUT2D eigenvalue weighted by atomic mass is 10.2. The van der Waals surface area contributed by atoms with Crippen LogP contribution in [-0.4, -0.2) is 35.4 Å². The van der Waals surface area contributed by atoms with E-state index in [0.29, 0.717) is 11.0 Å². The lowest BCUT2D eigenvalue weighted by Crippen LogP contribution is -2.34. The van der Waals surface area contributed by atoms with Crippen LogP contribution in [0.3, 0.4) is 0 Å². The fraction of sp³-hybridized carbons (Fsp3) is 0.353. The molecule has 2 aromatic rings. The minimum atomic E-state index is -0.255. The highest BCUT2D eigenvalue weighted by atomic mass is 32.2. The fourth-order valence-corrected chi connectivity index (χ4v) is 4.47. The average molecular weight is 351 g/mol. The lowest BCUT2D eigenvalue weighted by Gasteiger charge is -2.20. The van der Waals surface area contributed by atoms with Gasteiger partial charge in [-0.3, -0.25) is 4.79 Å². The van der Waals surface area contributed by atoms with Gasteiger partial charge in [0.2, 0.25) is 5.91 Å². The van der Waals surface area contributed by atoms with E-state index in [9.17, 15) is 9.18 Å². The van der Waals surface area contributed by atoms with Crippen LogP contribution in [0.15, 0.2) is 52.0 Å². The number of thioether (sulfide) groups is 2. The molecule has 3 rings (SSSR count). The monoisotopic (exact) mass is 351 g/mol. The van der Waals surface area contributed by atoms with Crippen LogP contribution in [0.25, 0.3) is 0 Å². The zero-order valence-electron chi connectivity index (χ0n) is 12.6. The van der Waals surface area contributed by atoms with Crippen LogP contribution >= 0.6 is 23.5 Å². The van der Waals surface area contributed by atoms with Gasteiger partial charge in [0.05, 0.1) is 17.3 Å². The lowest BCUT2D eigenvalue weighted by molar-refractivity contribution is -0.128. The molecule has 1 aromatic carbocycles. The minimum Gasteiger partial charge on any atom is -0.468 e. The zero-order chi connectivity index (χ0) is 16.1. The molecule has 1 aromatic heterocycles. The van der Waals surface area contributed by atoms with E-state index in [-0.39, 0.29) is 11.7 Å². The van der Waals surface area contributed by atoms with E-state index in [1.165, 1.54) is 23.9 Å². The Bertz CT molecular complexity index is 631. The maximum absolute atomic E-state index is 12.9. The summed E-state index contributed by atoms with van der Waals surface area (Å²) >= 11 is 3.30. The molecule has 1 unspecified atom stereocenters. The number of nitrogens with zero attached hydrogens (tertiary/aromatic N) is 1. The van der Waals surface area contributed by atoms with Crippen molar-refractivity contribution >= 4 is 29.4 Å². The summed E-state index contributed by atoms with van der Waals surface area (Å²) in [6.45, 7) is 1.52. The minimum absolute atomic E-state index is 0.139. The number of furan rings is 1. The number of carbonyl (C=O) groups is 1. The molecule has 0 N–H and O–H groups in total. The van der Waals surface area contributed by atoms with Gasteiger partial charge in [-0.05, 0) is 42.8 Å².